The van der Waals surface area contributed by atoms with Crippen LogP contribution in [0.15, 0.2) is 18.2 Å². The summed E-state index contributed by atoms with van der Waals surface area (Å²) in [5, 5.41) is 20.4. The SMILES string of the molecule is COc1ccc([C@]2(CC(C)O)CCN(C)C2C(O)C=O)cc1OC. The van der Waals surface area contributed by atoms with Gasteiger partial charge in [-0.05, 0) is 51.1 Å². The Kier molecular flexibility index (Phi) is 5.85. The van der Waals surface area contributed by atoms with E-state index in [9.17, 15) is 15.0 Å². The van der Waals surface area contributed by atoms with Crippen molar-refractivity contribution in [3.8, 4) is 11.5 Å². The third-order valence-corrected chi connectivity index (χ3v) is 5.03. The first kappa shape index (κ1) is 18.7. The monoisotopic (exact) mass is 337 g/mol. The summed E-state index contributed by atoms with van der Waals surface area (Å²) >= 11 is 0. The van der Waals surface area contributed by atoms with E-state index in [1.807, 2.05) is 30.1 Å². The lowest BCUT2D eigenvalue weighted by Crippen LogP contribution is -2.51. The van der Waals surface area contributed by atoms with Crippen LogP contribution in [0.2, 0.25) is 0 Å². The first-order chi connectivity index (χ1) is 11.4. The molecule has 1 aromatic rings. The molecule has 0 spiro atoms. The molecule has 0 amide bonds. The molecule has 0 aliphatic carbocycles. The zero-order valence-corrected chi connectivity index (χ0v) is 14.7. The molecule has 1 aromatic carbocycles. The highest BCUT2D eigenvalue weighted by Crippen LogP contribution is 2.46. The summed E-state index contributed by atoms with van der Waals surface area (Å²) in [4.78, 5) is 13.3. The maximum Gasteiger partial charge on any atom is 0.161 e. The van der Waals surface area contributed by atoms with Gasteiger partial charge >= 0.3 is 0 Å². The van der Waals surface area contributed by atoms with Crippen molar-refractivity contribution in [3.63, 3.8) is 0 Å². The van der Waals surface area contributed by atoms with E-state index < -0.39 is 23.7 Å². The fraction of sp³-hybridized carbons (Fsp3) is 0.611. The Balaban J connectivity index is 2.57. The van der Waals surface area contributed by atoms with Gasteiger partial charge in [0.2, 0.25) is 0 Å². The van der Waals surface area contributed by atoms with E-state index in [4.69, 9.17) is 9.47 Å². The van der Waals surface area contributed by atoms with Gasteiger partial charge in [-0.25, -0.2) is 0 Å². The van der Waals surface area contributed by atoms with Crippen LogP contribution in [0.1, 0.15) is 25.3 Å². The van der Waals surface area contributed by atoms with Crippen LogP contribution < -0.4 is 9.47 Å². The molecular weight excluding hydrogens is 310 g/mol. The molecule has 24 heavy (non-hydrogen) atoms. The number of benzene rings is 1. The molecule has 1 heterocycles. The molecule has 2 rings (SSSR count). The molecule has 1 saturated heterocycles. The number of carbonyl (C=O) groups is 1. The van der Waals surface area contributed by atoms with Gasteiger partial charge in [-0.1, -0.05) is 6.07 Å². The number of hydrogen-bond donors (Lipinski definition) is 2. The van der Waals surface area contributed by atoms with E-state index >= 15 is 0 Å². The van der Waals surface area contributed by atoms with Gasteiger partial charge in [0.25, 0.3) is 0 Å². The topological polar surface area (TPSA) is 79.2 Å². The van der Waals surface area contributed by atoms with E-state index in [0.29, 0.717) is 24.2 Å². The van der Waals surface area contributed by atoms with E-state index in [2.05, 4.69) is 0 Å². The van der Waals surface area contributed by atoms with E-state index in [1.54, 1.807) is 21.1 Å². The van der Waals surface area contributed by atoms with Crippen molar-refractivity contribution in [1.29, 1.82) is 0 Å². The predicted molar refractivity (Wildman–Crippen MR) is 90.6 cm³/mol. The average molecular weight is 337 g/mol. The first-order valence-corrected chi connectivity index (χ1v) is 8.13. The molecule has 6 heteroatoms. The average Bonchev–Trinajstić information content (AvgIpc) is 2.90. The van der Waals surface area contributed by atoms with E-state index in [0.717, 1.165) is 18.5 Å². The van der Waals surface area contributed by atoms with Gasteiger partial charge in [0.05, 0.1) is 26.4 Å². The molecule has 6 nitrogen and oxygen atoms in total. The Morgan fingerprint density at radius 3 is 2.54 bits per heavy atom. The molecule has 4 atom stereocenters. The number of likely N-dealkylation sites (N-methyl/N-ethyl adjacent to an activating group) is 1. The number of aldehydes is 1. The minimum atomic E-state index is -1.12. The Labute approximate surface area is 143 Å². The number of aliphatic hydroxyl groups is 2. The number of nitrogens with zero attached hydrogens (tertiary/aromatic N) is 1. The number of methoxy groups -OCH3 is 2. The van der Waals surface area contributed by atoms with Gasteiger partial charge < -0.3 is 24.5 Å². The van der Waals surface area contributed by atoms with Crippen LogP contribution in [0.4, 0.5) is 0 Å². The van der Waals surface area contributed by atoms with Crippen LogP contribution in [-0.4, -0.2) is 67.5 Å². The Morgan fingerprint density at radius 1 is 1.33 bits per heavy atom. The van der Waals surface area contributed by atoms with E-state index in [-0.39, 0.29) is 0 Å². The van der Waals surface area contributed by atoms with Crippen LogP contribution in [0, 0.1) is 0 Å². The van der Waals surface area contributed by atoms with Gasteiger partial charge in [0.1, 0.15) is 12.4 Å². The van der Waals surface area contributed by atoms with Gasteiger partial charge in [-0.2, -0.15) is 0 Å². The third kappa shape index (κ3) is 3.27. The van der Waals surface area contributed by atoms with Crippen molar-refractivity contribution in [3.05, 3.63) is 23.8 Å². The van der Waals surface area contributed by atoms with Crippen LogP contribution in [-0.2, 0) is 10.2 Å². The van der Waals surface area contributed by atoms with Crippen molar-refractivity contribution in [2.75, 3.05) is 27.8 Å². The second-order valence-electron chi connectivity index (χ2n) is 6.58. The molecule has 0 radical (unpaired) electrons. The second-order valence-corrected chi connectivity index (χ2v) is 6.58. The summed E-state index contributed by atoms with van der Waals surface area (Å²) in [5.41, 5.74) is 0.388. The number of carbonyl (C=O) groups excluding carboxylic acids is 1. The van der Waals surface area contributed by atoms with Gasteiger partial charge in [0, 0.05) is 5.41 Å². The maximum atomic E-state index is 11.3. The summed E-state index contributed by atoms with van der Waals surface area (Å²) < 4.78 is 10.7. The molecular formula is C18H27NO5. The highest BCUT2D eigenvalue weighted by molar-refractivity contribution is 5.59. The number of likely N-dealkylation sites (tertiary alicyclic amines) is 1. The molecule has 0 saturated carbocycles. The van der Waals surface area contributed by atoms with E-state index in [1.165, 1.54) is 0 Å². The molecule has 0 aromatic heterocycles. The Bertz CT molecular complexity index is 577. The molecule has 2 N–H and O–H groups in total. The highest BCUT2D eigenvalue weighted by atomic mass is 16.5. The molecule has 1 aliphatic rings. The molecule has 0 bridgehead atoms. The van der Waals surface area contributed by atoms with Crippen LogP contribution in [0.25, 0.3) is 0 Å². The Morgan fingerprint density at radius 2 is 2.00 bits per heavy atom. The zero-order chi connectivity index (χ0) is 17.9. The quantitative estimate of drug-likeness (QED) is 0.722. The second kappa shape index (κ2) is 7.51. The van der Waals surface area contributed by atoms with Crippen LogP contribution in [0.5, 0.6) is 11.5 Å². The number of rotatable bonds is 7. The number of aliphatic hydroxyl groups excluding tert-OH is 2. The zero-order valence-electron chi connectivity index (χ0n) is 14.7. The van der Waals surface area contributed by atoms with Gasteiger partial charge in [-0.15, -0.1) is 0 Å². The summed E-state index contributed by atoms with van der Waals surface area (Å²) in [6.07, 6.45) is 0.0709. The highest BCUT2D eigenvalue weighted by Gasteiger charge is 2.51. The molecule has 3 unspecified atom stereocenters. The van der Waals surface area contributed by atoms with Gasteiger partial charge in [-0.3, -0.25) is 4.90 Å². The molecule has 1 aliphatic heterocycles. The third-order valence-electron chi connectivity index (χ3n) is 5.03. The van der Waals surface area contributed by atoms with Crippen LogP contribution in [0.3, 0.4) is 0 Å². The van der Waals surface area contributed by atoms with Crippen LogP contribution >= 0.6 is 0 Å². The minimum Gasteiger partial charge on any atom is -0.493 e. The molecule has 134 valence electrons. The summed E-state index contributed by atoms with van der Waals surface area (Å²) in [6, 6.07) is 5.22. The van der Waals surface area contributed by atoms with Crippen molar-refractivity contribution in [1.82, 2.24) is 4.90 Å². The fourth-order valence-corrected chi connectivity index (χ4v) is 4.08. The number of ether oxygens (including phenoxy) is 2. The lowest BCUT2D eigenvalue weighted by atomic mass is 9.69. The molecule has 1 fully saturated rings. The summed E-state index contributed by atoms with van der Waals surface area (Å²) in [7, 11) is 5.04. The fourth-order valence-electron chi connectivity index (χ4n) is 4.08. The standard InChI is InChI=1S/C18H27NO5/c1-12(21)10-18(7-8-19(2)17(18)14(22)11-20)13-5-6-15(23-3)16(9-13)24-4/h5-6,9,11-12,14,17,21-22H,7-8,10H2,1-4H3/t12?,14?,17?,18-/m1/s1. The van der Waals surface area contributed by atoms with Crippen molar-refractivity contribution < 1.29 is 24.5 Å². The summed E-state index contributed by atoms with van der Waals surface area (Å²) in [6.45, 7) is 2.46. The van der Waals surface area contributed by atoms with Crippen molar-refractivity contribution in [2.45, 2.75) is 43.4 Å². The van der Waals surface area contributed by atoms with Crippen molar-refractivity contribution >= 4 is 6.29 Å². The number of hydrogen-bond acceptors (Lipinski definition) is 6. The normalized spacial score (nSPS) is 26.8. The minimum absolute atomic E-state index is 0.400. The largest absolute Gasteiger partial charge is 0.493 e. The first-order valence-electron chi connectivity index (χ1n) is 8.13. The van der Waals surface area contributed by atoms with Crippen molar-refractivity contribution in [2.24, 2.45) is 0 Å². The lowest BCUT2D eigenvalue weighted by Gasteiger charge is -2.40. The van der Waals surface area contributed by atoms with Gasteiger partial charge in [0.15, 0.2) is 11.5 Å². The summed E-state index contributed by atoms with van der Waals surface area (Å²) in [5.74, 6) is 1.21. The smallest absolute Gasteiger partial charge is 0.161 e. The predicted octanol–water partition coefficient (Wildman–Crippen LogP) is 0.976. The maximum absolute atomic E-state index is 11.3. The lowest BCUT2D eigenvalue weighted by molar-refractivity contribution is -0.118. The Hall–Kier alpha value is -1.63.